The summed E-state index contributed by atoms with van der Waals surface area (Å²) < 4.78 is 5.06. The number of ether oxygens (including phenoxy) is 1. The zero-order valence-electron chi connectivity index (χ0n) is 9.07. The zero-order chi connectivity index (χ0) is 12.3. The molecule has 0 bridgehead atoms. The molecular formula is C11H12N2O4. The monoisotopic (exact) mass is 236 g/mol. The first-order valence-electron chi connectivity index (χ1n) is 5.22. The van der Waals surface area contributed by atoms with Gasteiger partial charge in [0.05, 0.1) is 13.2 Å². The van der Waals surface area contributed by atoms with E-state index >= 15 is 0 Å². The van der Waals surface area contributed by atoms with E-state index in [9.17, 15) is 9.59 Å². The Balaban J connectivity index is 2.20. The number of pyridine rings is 1. The number of hydrogen-bond acceptors (Lipinski definition) is 4. The highest BCUT2D eigenvalue weighted by Gasteiger charge is 2.33. The van der Waals surface area contributed by atoms with Gasteiger partial charge in [0.25, 0.3) is 5.91 Å². The average molecular weight is 236 g/mol. The second kappa shape index (κ2) is 4.92. The quantitative estimate of drug-likeness (QED) is 0.782. The van der Waals surface area contributed by atoms with Crippen LogP contribution in [-0.2, 0) is 9.53 Å². The minimum atomic E-state index is -1.06. The molecule has 1 aliphatic heterocycles. The molecule has 0 aliphatic carbocycles. The molecule has 0 aromatic carbocycles. The van der Waals surface area contributed by atoms with Crippen molar-refractivity contribution in [3.63, 3.8) is 0 Å². The van der Waals surface area contributed by atoms with Gasteiger partial charge in [0.1, 0.15) is 5.69 Å². The molecule has 1 saturated heterocycles. The van der Waals surface area contributed by atoms with Gasteiger partial charge in [-0.25, -0.2) is 4.79 Å². The summed E-state index contributed by atoms with van der Waals surface area (Å²) in [6.45, 7) is 0.642. The summed E-state index contributed by atoms with van der Waals surface area (Å²) in [5.41, 5.74) is 0.251. The second-order valence-corrected chi connectivity index (χ2v) is 3.64. The van der Waals surface area contributed by atoms with Gasteiger partial charge >= 0.3 is 5.97 Å². The van der Waals surface area contributed by atoms with Gasteiger partial charge in [-0.1, -0.05) is 6.07 Å². The number of nitrogens with zero attached hydrogens (tertiary/aromatic N) is 2. The van der Waals surface area contributed by atoms with E-state index in [1.54, 1.807) is 18.2 Å². The smallest absolute Gasteiger partial charge is 0.328 e. The first kappa shape index (κ1) is 11.5. The molecule has 1 N–H and O–H groups in total. The van der Waals surface area contributed by atoms with Gasteiger partial charge < -0.3 is 14.7 Å². The third-order valence-electron chi connectivity index (χ3n) is 2.56. The van der Waals surface area contributed by atoms with E-state index in [1.165, 1.54) is 11.1 Å². The Morgan fingerprint density at radius 1 is 1.47 bits per heavy atom. The highest BCUT2D eigenvalue weighted by molar-refractivity contribution is 5.95. The van der Waals surface area contributed by atoms with Crippen LogP contribution in [0.1, 0.15) is 10.5 Å². The lowest BCUT2D eigenvalue weighted by atomic mass is 10.2. The first-order chi connectivity index (χ1) is 8.20. The lowest BCUT2D eigenvalue weighted by Gasteiger charge is -2.32. The molecule has 0 radical (unpaired) electrons. The van der Waals surface area contributed by atoms with E-state index in [4.69, 9.17) is 9.84 Å². The molecule has 1 fully saturated rings. The van der Waals surface area contributed by atoms with Gasteiger partial charge in [-0.15, -0.1) is 0 Å². The Morgan fingerprint density at radius 2 is 2.29 bits per heavy atom. The van der Waals surface area contributed by atoms with Crippen molar-refractivity contribution in [2.24, 2.45) is 0 Å². The molecule has 2 heterocycles. The molecule has 1 unspecified atom stereocenters. The van der Waals surface area contributed by atoms with Gasteiger partial charge in [-0.05, 0) is 12.1 Å². The summed E-state index contributed by atoms with van der Waals surface area (Å²) in [5.74, 6) is -1.43. The molecule has 6 nitrogen and oxygen atoms in total. The fourth-order valence-electron chi connectivity index (χ4n) is 1.69. The zero-order valence-corrected chi connectivity index (χ0v) is 9.07. The molecule has 90 valence electrons. The molecule has 1 amide bonds. The summed E-state index contributed by atoms with van der Waals surface area (Å²) in [6.07, 6.45) is 1.50. The minimum absolute atomic E-state index is 0.0217. The highest BCUT2D eigenvalue weighted by Crippen LogP contribution is 2.11. The Bertz CT molecular complexity index is 421. The van der Waals surface area contributed by atoms with Crippen molar-refractivity contribution in [2.45, 2.75) is 6.04 Å². The molecule has 17 heavy (non-hydrogen) atoms. The summed E-state index contributed by atoms with van der Waals surface area (Å²) in [4.78, 5) is 28.3. The van der Waals surface area contributed by atoms with Crippen molar-refractivity contribution in [1.82, 2.24) is 9.88 Å². The maximum Gasteiger partial charge on any atom is 0.328 e. The lowest BCUT2D eigenvalue weighted by molar-refractivity contribution is -0.147. The number of aromatic nitrogens is 1. The van der Waals surface area contributed by atoms with Crippen molar-refractivity contribution < 1.29 is 19.4 Å². The number of carboxylic acids is 1. The van der Waals surface area contributed by atoms with E-state index in [0.29, 0.717) is 6.61 Å². The van der Waals surface area contributed by atoms with Gasteiger partial charge in [0.15, 0.2) is 6.04 Å². The number of carbonyl (C=O) groups is 2. The predicted octanol–water partition coefficient (Wildman–Crippen LogP) is 0.00720. The Hall–Kier alpha value is -1.95. The van der Waals surface area contributed by atoms with E-state index in [0.717, 1.165) is 0 Å². The van der Waals surface area contributed by atoms with E-state index in [-0.39, 0.29) is 24.8 Å². The summed E-state index contributed by atoms with van der Waals surface area (Å²) in [7, 11) is 0. The molecular weight excluding hydrogens is 224 g/mol. The van der Waals surface area contributed by atoms with Gasteiger partial charge in [0.2, 0.25) is 0 Å². The van der Waals surface area contributed by atoms with Gasteiger partial charge in [-0.3, -0.25) is 9.78 Å². The van der Waals surface area contributed by atoms with E-state index in [2.05, 4.69) is 4.98 Å². The van der Waals surface area contributed by atoms with Crippen molar-refractivity contribution in [3.05, 3.63) is 30.1 Å². The van der Waals surface area contributed by atoms with E-state index < -0.39 is 12.0 Å². The Morgan fingerprint density at radius 3 is 2.94 bits per heavy atom. The van der Waals surface area contributed by atoms with Crippen LogP contribution in [0.15, 0.2) is 24.4 Å². The molecule has 0 spiro atoms. The molecule has 2 rings (SSSR count). The largest absolute Gasteiger partial charge is 0.480 e. The molecule has 0 saturated carbocycles. The number of morpholine rings is 1. The second-order valence-electron chi connectivity index (χ2n) is 3.64. The fourth-order valence-corrected chi connectivity index (χ4v) is 1.69. The average Bonchev–Trinajstić information content (AvgIpc) is 2.39. The van der Waals surface area contributed by atoms with Crippen LogP contribution < -0.4 is 0 Å². The van der Waals surface area contributed by atoms with Crippen LogP contribution in [0, 0.1) is 0 Å². The highest BCUT2D eigenvalue weighted by atomic mass is 16.5. The standard InChI is InChI=1S/C11H12N2O4/c14-10(8-3-1-2-4-12-8)13-5-6-17-7-9(13)11(15)16/h1-4,9H,5-7H2,(H,15,16). The van der Waals surface area contributed by atoms with Gasteiger partial charge in [-0.2, -0.15) is 0 Å². The SMILES string of the molecule is O=C(O)C1COCCN1C(=O)c1ccccn1. The lowest BCUT2D eigenvalue weighted by Crippen LogP contribution is -2.52. The minimum Gasteiger partial charge on any atom is -0.480 e. The van der Waals surface area contributed by atoms with Crippen molar-refractivity contribution in [2.75, 3.05) is 19.8 Å². The van der Waals surface area contributed by atoms with Crippen molar-refractivity contribution >= 4 is 11.9 Å². The van der Waals surface area contributed by atoms with Crippen LogP contribution in [0.3, 0.4) is 0 Å². The summed E-state index contributed by atoms with van der Waals surface area (Å²) in [6, 6.07) is 4.02. The molecule has 1 aromatic heterocycles. The van der Waals surface area contributed by atoms with Crippen LogP contribution in [0.2, 0.25) is 0 Å². The molecule has 1 aliphatic rings. The number of carboxylic acid groups (broad SMARTS) is 1. The van der Waals surface area contributed by atoms with Crippen LogP contribution in [0.5, 0.6) is 0 Å². The number of aliphatic carboxylic acids is 1. The summed E-state index contributed by atoms with van der Waals surface area (Å²) in [5, 5.41) is 9.01. The maximum absolute atomic E-state index is 12.1. The summed E-state index contributed by atoms with van der Waals surface area (Å²) >= 11 is 0. The number of rotatable bonds is 2. The predicted molar refractivity (Wildman–Crippen MR) is 57.5 cm³/mol. The third-order valence-corrected chi connectivity index (χ3v) is 2.56. The maximum atomic E-state index is 12.1. The normalized spacial score (nSPS) is 20.0. The molecule has 1 atom stereocenters. The van der Waals surface area contributed by atoms with E-state index in [1.807, 2.05) is 0 Å². The topological polar surface area (TPSA) is 79.7 Å². The first-order valence-corrected chi connectivity index (χ1v) is 5.22. The third kappa shape index (κ3) is 2.42. The van der Waals surface area contributed by atoms with Crippen LogP contribution in [-0.4, -0.2) is 52.7 Å². The van der Waals surface area contributed by atoms with Crippen LogP contribution in [0.25, 0.3) is 0 Å². The van der Waals surface area contributed by atoms with Crippen LogP contribution >= 0.6 is 0 Å². The molecule has 1 aromatic rings. The number of hydrogen-bond donors (Lipinski definition) is 1. The van der Waals surface area contributed by atoms with Crippen molar-refractivity contribution in [1.29, 1.82) is 0 Å². The molecule has 6 heteroatoms. The number of carbonyl (C=O) groups excluding carboxylic acids is 1. The van der Waals surface area contributed by atoms with Crippen LogP contribution in [0.4, 0.5) is 0 Å². The fraction of sp³-hybridized carbons (Fsp3) is 0.364. The Kier molecular flexibility index (Phi) is 3.34. The van der Waals surface area contributed by atoms with Gasteiger partial charge in [0, 0.05) is 12.7 Å². The van der Waals surface area contributed by atoms with Crippen molar-refractivity contribution in [3.8, 4) is 0 Å². The number of amides is 1. The Labute approximate surface area is 97.8 Å².